The second kappa shape index (κ2) is 4.88. The van der Waals surface area contributed by atoms with Crippen molar-refractivity contribution in [2.24, 2.45) is 0 Å². The number of hydrogen-bond donors (Lipinski definition) is 1. The van der Waals surface area contributed by atoms with E-state index in [1.54, 1.807) is 6.92 Å². The van der Waals surface area contributed by atoms with E-state index in [1.807, 2.05) is 26.8 Å². The maximum absolute atomic E-state index is 5.93. The van der Waals surface area contributed by atoms with Crippen LogP contribution in [0.25, 0.3) is 0 Å². The molecule has 0 fully saturated rings. The molecule has 2 rings (SSSR count). The summed E-state index contributed by atoms with van der Waals surface area (Å²) in [5.41, 5.74) is 10.1. The molecule has 1 heterocycles. The van der Waals surface area contributed by atoms with Crippen LogP contribution in [-0.2, 0) is 0 Å². The van der Waals surface area contributed by atoms with Gasteiger partial charge in [-0.2, -0.15) is 4.98 Å². The Morgan fingerprint density at radius 2 is 1.63 bits per heavy atom. The molecule has 0 saturated heterocycles. The Morgan fingerprint density at radius 1 is 0.947 bits per heavy atom. The summed E-state index contributed by atoms with van der Waals surface area (Å²) >= 11 is 0. The summed E-state index contributed by atoms with van der Waals surface area (Å²) in [6, 6.07) is 4.14. The van der Waals surface area contributed by atoms with E-state index in [0.29, 0.717) is 17.5 Å². The van der Waals surface area contributed by atoms with Gasteiger partial charge >= 0.3 is 0 Å². The number of rotatable bonds is 2. The van der Waals surface area contributed by atoms with Crippen LogP contribution in [0.15, 0.2) is 12.1 Å². The Kier molecular flexibility index (Phi) is 3.42. The third kappa shape index (κ3) is 2.67. The number of aryl methyl sites for hydroxylation is 3. The fourth-order valence-corrected chi connectivity index (χ4v) is 1.93. The molecule has 2 N–H and O–H groups in total. The lowest BCUT2D eigenvalue weighted by atomic mass is 10.1. The highest BCUT2D eigenvalue weighted by molar-refractivity contribution is 5.48. The highest BCUT2D eigenvalue weighted by Gasteiger charge is 2.11. The first-order chi connectivity index (χ1) is 8.88. The number of nitrogen functional groups attached to an aromatic ring is 1. The van der Waals surface area contributed by atoms with Gasteiger partial charge in [-0.3, -0.25) is 0 Å². The first-order valence-corrected chi connectivity index (χ1v) is 6.25. The maximum Gasteiger partial charge on any atom is 0.227 e. The van der Waals surface area contributed by atoms with Crippen LogP contribution < -0.4 is 10.5 Å². The standard InChI is InChI=1S/C15H19N3O/c1-8-6-9(2)10(3)13(7-8)19-15-11(4)14(16)17-12(5)18-15/h6-7H,1-5H3,(H2,16,17,18). The van der Waals surface area contributed by atoms with Crippen molar-refractivity contribution in [3.63, 3.8) is 0 Å². The highest BCUT2D eigenvalue weighted by Crippen LogP contribution is 2.30. The van der Waals surface area contributed by atoms with Crippen molar-refractivity contribution in [3.05, 3.63) is 40.2 Å². The van der Waals surface area contributed by atoms with E-state index >= 15 is 0 Å². The number of ether oxygens (including phenoxy) is 1. The van der Waals surface area contributed by atoms with Crippen molar-refractivity contribution in [1.82, 2.24) is 9.97 Å². The van der Waals surface area contributed by atoms with E-state index in [-0.39, 0.29) is 0 Å². The minimum absolute atomic E-state index is 0.463. The molecule has 100 valence electrons. The van der Waals surface area contributed by atoms with Crippen LogP contribution in [0.4, 0.5) is 5.82 Å². The smallest absolute Gasteiger partial charge is 0.227 e. The van der Waals surface area contributed by atoms with Crippen molar-refractivity contribution >= 4 is 5.82 Å². The number of anilines is 1. The Bertz CT molecular complexity index is 580. The van der Waals surface area contributed by atoms with Gasteiger partial charge in [-0.25, -0.2) is 4.98 Å². The molecule has 4 nitrogen and oxygen atoms in total. The molecule has 2 aromatic rings. The van der Waals surface area contributed by atoms with E-state index < -0.39 is 0 Å². The lowest BCUT2D eigenvalue weighted by Crippen LogP contribution is -2.03. The number of aromatic nitrogens is 2. The SMILES string of the molecule is Cc1cc(C)c(C)c(Oc2nc(C)nc(N)c2C)c1. The van der Waals surface area contributed by atoms with Crippen molar-refractivity contribution in [3.8, 4) is 11.6 Å². The maximum atomic E-state index is 5.93. The molecule has 0 aliphatic heterocycles. The van der Waals surface area contributed by atoms with Gasteiger partial charge in [0, 0.05) is 0 Å². The summed E-state index contributed by atoms with van der Waals surface area (Å²) in [4.78, 5) is 8.44. The van der Waals surface area contributed by atoms with Crippen LogP contribution in [0.3, 0.4) is 0 Å². The normalized spacial score (nSPS) is 10.6. The lowest BCUT2D eigenvalue weighted by molar-refractivity contribution is 0.452. The molecular formula is C15H19N3O. The van der Waals surface area contributed by atoms with Gasteiger partial charge in [0.05, 0.1) is 5.56 Å². The van der Waals surface area contributed by atoms with Gasteiger partial charge in [0.1, 0.15) is 17.4 Å². The Hall–Kier alpha value is -2.10. The topological polar surface area (TPSA) is 61.0 Å². The summed E-state index contributed by atoms with van der Waals surface area (Å²) in [6.45, 7) is 9.82. The van der Waals surface area contributed by atoms with Crippen molar-refractivity contribution < 1.29 is 4.74 Å². The van der Waals surface area contributed by atoms with Gasteiger partial charge in [0.15, 0.2) is 0 Å². The molecular weight excluding hydrogens is 238 g/mol. The summed E-state index contributed by atoms with van der Waals surface area (Å²) in [5, 5.41) is 0. The van der Waals surface area contributed by atoms with Crippen molar-refractivity contribution in [2.75, 3.05) is 5.73 Å². The first-order valence-electron chi connectivity index (χ1n) is 6.25. The Morgan fingerprint density at radius 3 is 2.32 bits per heavy atom. The van der Waals surface area contributed by atoms with E-state index in [4.69, 9.17) is 10.5 Å². The molecule has 0 unspecified atom stereocenters. The first kappa shape index (κ1) is 13.3. The summed E-state index contributed by atoms with van der Waals surface area (Å²) in [7, 11) is 0. The molecule has 0 bridgehead atoms. The van der Waals surface area contributed by atoms with E-state index in [9.17, 15) is 0 Å². The number of benzene rings is 1. The number of nitrogens with zero attached hydrogens (tertiary/aromatic N) is 2. The molecule has 0 amide bonds. The molecule has 0 aliphatic rings. The van der Waals surface area contributed by atoms with Gasteiger partial charge in [-0.15, -0.1) is 0 Å². The molecule has 0 aliphatic carbocycles. The predicted molar refractivity (Wildman–Crippen MR) is 76.6 cm³/mol. The fraction of sp³-hybridized carbons (Fsp3) is 0.333. The van der Waals surface area contributed by atoms with Gasteiger partial charge in [-0.05, 0) is 57.4 Å². The van der Waals surface area contributed by atoms with Crippen molar-refractivity contribution in [1.29, 1.82) is 0 Å². The van der Waals surface area contributed by atoms with E-state index in [2.05, 4.69) is 23.0 Å². The van der Waals surface area contributed by atoms with E-state index in [0.717, 1.165) is 22.4 Å². The van der Waals surface area contributed by atoms with Crippen LogP contribution in [0.2, 0.25) is 0 Å². The third-order valence-corrected chi connectivity index (χ3v) is 3.22. The predicted octanol–water partition coefficient (Wildman–Crippen LogP) is 3.39. The Labute approximate surface area is 113 Å². The number of nitrogens with two attached hydrogens (primary N) is 1. The second-order valence-corrected chi connectivity index (χ2v) is 4.89. The highest BCUT2D eigenvalue weighted by atomic mass is 16.5. The van der Waals surface area contributed by atoms with Crippen LogP contribution in [0, 0.1) is 34.6 Å². The molecule has 0 spiro atoms. The zero-order valence-electron chi connectivity index (χ0n) is 12.0. The third-order valence-electron chi connectivity index (χ3n) is 3.22. The minimum atomic E-state index is 0.463. The minimum Gasteiger partial charge on any atom is -0.438 e. The Balaban J connectivity index is 2.47. The summed E-state index contributed by atoms with van der Waals surface area (Å²) in [6.07, 6.45) is 0. The molecule has 19 heavy (non-hydrogen) atoms. The summed E-state index contributed by atoms with van der Waals surface area (Å²) in [5.74, 6) is 2.42. The van der Waals surface area contributed by atoms with Crippen LogP contribution >= 0.6 is 0 Å². The molecule has 4 heteroatoms. The van der Waals surface area contributed by atoms with Gasteiger partial charge in [-0.1, -0.05) is 6.07 Å². The second-order valence-electron chi connectivity index (χ2n) is 4.89. The van der Waals surface area contributed by atoms with E-state index in [1.165, 1.54) is 5.56 Å². The molecule has 0 atom stereocenters. The van der Waals surface area contributed by atoms with Gasteiger partial charge in [0.2, 0.25) is 5.88 Å². The average Bonchev–Trinajstić information content (AvgIpc) is 2.31. The quantitative estimate of drug-likeness (QED) is 0.895. The zero-order valence-corrected chi connectivity index (χ0v) is 12.0. The molecule has 0 radical (unpaired) electrons. The van der Waals surface area contributed by atoms with Crippen molar-refractivity contribution in [2.45, 2.75) is 34.6 Å². The van der Waals surface area contributed by atoms with Gasteiger partial charge in [0.25, 0.3) is 0 Å². The molecule has 1 aromatic heterocycles. The monoisotopic (exact) mass is 257 g/mol. The number of hydrogen-bond acceptors (Lipinski definition) is 4. The largest absolute Gasteiger partial charge is 0.438 e. The fourth-order valence-electron chi connectivity index (χ4n) is 1.93. The van der Waals surface area contributed by atoms with Crippen LogP contribution in [-0.4, -0.2) is 9.97 Å². The summed E-state index contributed by atoms with van der Waals surface area (Å²) < 4.78 is 5.93. The zero-order chi connectivity index (χ0) is 14.2. The van der Waals surface area contributed by atoms with Crippen LogP contribution in [0.1, 0.15) is 28.1 Å². The lowest BCUT2D eigenvalue weighted by Gasteiger charge is -2.13. The van der Waals surface area contributed by atoms with Gasteiger partial charge < -0.3 is 10.5 Å². The average molecular weight is 257 g/mol. The molecule has 0 saturated carbocycles. The molecule has 1 aromatic carbocycles. The van der Waals surface area contributed by atoms with Crippen LogP contribution in [0.5, 0.6) is 11.6 Å².